The van der Waals surface area contributed by atoms with Crippen LogP contribution in [0.25, 0.3) is 0 Å². The van der Waals surface area contributed by atoms with E-state index in [-0.39, 0.29) is 5.92 Å². The smallest absolute Gasteiger partial charge is 0.137 e. The van der Waals surface area contributed by atoms with Crippen LogP contribution in [0.1, 0.15) is 31.2 Å². The first kappa shape index (κ1) is 9.75. The van der Waals surface area contributed by atoms with Crippen LogP contribution in [0.15, 0.2) is 0 Å². The largest absolute Gasteiger partial charge is 0.221 e. The van der Waals surface area contributed by atoms with Crippen LogP contribution in [0, 0.1) is 6.92 Å². The van der Waals surface area contributed by atoms with Gasteiger partial charge in [0.15, 0.2) is 0 Å². The van der Waals surface area contributed by atoms with Gasteiger partial charge >= 0.3 is 0 Å². The van der Waals surface area contributed by atoms with E-state index in [1.165, 1.54) is 0 Å². The van der Waals surface area contributed by atoms with E-state index >= 15 is 0 Å². The Bertz CT molecular complexity index is 274. The molecule has 0 aliphatic heterocycles. The summed E-state index contributed by atoms with van der Waals surface area (Å²) in [6.45, 7) is 5.78. The van der Waals surface area contributed by atoms with Gasteiger partial charge < -0.3 is 0 Å². The minimum absolute atomic E-state index is 0.255. The Morgan fingerprint density at radius 1 is 1.08 bits per heavy atom. The Kier molecular flexibility index (Phi) is 2.91. The molecule has 0 unspecified atom stereocenters. The molecule has 66 valence electrons. The van der Waals surface area contributed by atoms with Crippen LogP contribution < -0.4 is 0 Å². The number of hydrogen-bond acceptors (Lipinski definition) is 2. The number of halogens is 2. The zero-order valence-corrected chi connectivity index (χ0v) is 8.74. The van der Waals surface area contributed by atoms with Crippen molar-refractivity contribution in [2.45, 2.75) is 26.7 Å². The molecule has 0 amide bonds. The molecular formula is C8H10Cl2N2. The Morgan fingerprint density at radius 2 is 1.50 bits per heavy atom. The van der Waals surface area contributed by atoms with Crippen LogP contribution in [0.4, 0.5) is 0 Å². The molecule has 0 spiro atoms. The molecule has 4 heteroatoms. The lowest BCUT2D eigenvalue weighted by Crippen LogP contribution is -1.98. The van der Waals surface area contributed by atoms with Gasteiger partial charge in [0.25, 0.3) is 0 Å². The van der Waals surface area contributed by atoms with E-state index in [0.29, 0.717) is 16.1 Å². The second-order valence-electron chi connectivity index (χ2n) is 2.92. The van der Waals surface area contributed by atoms with Gasteiger partial charge in [-0.25, -0.2) is 9.97 Å². The number of hydrogen-bond donors (Lipinski definition) is 0. The molecule has 0 aromatic carbocycles. The van der Waals surface area contributed by atoms with Crippen LogP contribution >= 0.6 is 23.2 Å². The minimum atomic E-state index is 0.255. The summed E-state index contributed by atoms with van der Waals surface area (Å²) < 4.78 is 0. The predicted octanol–water partition coefficient (Wildman–Crippen LogP) is 3.22. The maximum atomic E-state index is 5.89. The van der Waals surface area contributed by atoms with Crippen molar-refractivity contribution in [3.63, 3.8) is 0 Å². The fraction of sp³-hybridized carbons (Fsp3) is 0.500. The summed E-state index contributed by atoms with van der Waals surface area (Å²) >= 11 is 11.8. The molecule has 0 radical (unpaired) electrons. The molecule has 0 fully saturated rings. The van der Waals surface area contributed by atoms with E-state index < -0.39 is 0 Å². The number of rotatable bonds is 1. The van der Waals surface area contributed by atoms with E-state index in [1.54, 1.807) is 6.92 Å². The first-order valence-electron chi connectivity index (χ1n) is 3.72. The Hall–Kier alpha value is -0.340. The highest BCUT2D eigenvalue weighted by Crippen LogP contribution is 2.28. The van der Waals surface area contributed by atoms with Gasteiger partial charge in [0.05, 0.1) is 0 Å². The van der Waals surface area contributed by atoms with Crippen molar-refractivity contribution in [3.8, 4) is 0 Å². The minimum Gasteiger partial charge on any atom is -0.221 e. The monoisotopic (exact) mass is 204 g/mol. The Labute approximate surface area is 81.9 Å². The summed E-state index contributed by atoms with van der Waals surface area (Å²) in [5, 5.41) is 0.921. The molecule has 0 bridgehead atoms. The van der Waals surface area contributed by atoms with Crippen molar-refractivity contribution in [1.29, 1.82) is 0 Å². The van der Waals surface area contributed by atoms with Crippen molar-refractivity contribution in [3.05, 3.63) is 21.7 Å². The second kappa shape index (κ2) is 3.58. The Morgan fingerprint density at radius 3 is 1.83 bits per heavy atom. The van der Waals surface area contributed by atoms with E-state index in [9.17, 15) is 0 Å². The quantitative estimate of drug-likeness (QED) is 0.657. The Balaban J connectivity index is 3.28. The average molecular weight is 205 g/mol. The maximum Gasteiger partial charge on any atom is 0.137 e. The molecular weight excluding hydrogens is 195 g/mol. The lowest BCUT2D eigenvalue weighted by Gasteiger charge is -2.08. The molecule has 0 aliphatic rings. The first-order chi connectivity index (χ1) is 5.52. The molecule has 1 aromatic heterocycles. The van der Waals surface area contributed by atoms with Crippen molar-refractivity contribution in [2.24, 2.45) is 0 Å². The van der Waals surface area contributed by atoms with E-state index in [4.69, 9.17) is 23.2 Å². The molecule has 0 aliphatic carbocycles. The van der Waals surface area contributed by atoms with Crippen molar-refractivity contribution in [2.75, 3.05) is 0 Å². The summed E-state index contributed by atoms with van der Waals surface area (Å²) in [6, 6.07) is 0. The molecule has 1 heterocycles. The average Bonchev–Trinajstić information content (AvgIpc) is 1.82. The van der Waals surface area contributed by atoms with Crippen molar-refractivity contribution >= 4 is 23.2 Å². The van der Waals surface area contributed by atoms with Gasteiger partial charge in [-0.15, -0.1) is 0 Å². The summed E-state index contributed by atoms with van der Waals surface area (Å²) in [4.78, 5) is 8.05. The maximum absolute atomic E-state index is 5.89. The van der Waals surface area contributed by atoms with Crippen LogP contribution in [0.3, 0.4) is 0 Å². The molecule has 0 N–H and O–H groups in total. The summed E-state index contributed by atoms with van der Waals surface area (Å²) in [5.41, 5.74) is 0.823. The third kappa shape index (κ3) is 1.87. The molecule has 1 rings (SSSR count). The zero-order chi connectivity index (χ0) is 9.30. The number of aromatic nitrogens is 2. The fourth-order valence-corrected chi connectivity index (χ4v) is 1.90. The van der Waals surface area contributed by atoms with Crippen LogP contribution in [-0.4, -0.2) is 9.97 Å². The van der Waals surface area contributed by atoms with Gasteiger partial charge in [-0.2, -0.15) is 0 Å². The third-order valence-electron chi connectivity index (χ3n) is 1.54. The SMILES string of the molecule is Cc1nc(Cl)c(C(C)C)c(Cl)n1. The van der Waals surface area contributed by atoms with Gasteiger partial charge in [0.1, 0.15) is 16.1 Å². The normalized spacial score (nSPS) is 10.8. The highest BCUT2D eigenvalue weighted by molar-refractivity contribution is 6.34. The van der Waals surface area contributed by atoms with Crippen LogP contribution in [0.2, 0.25) is 10.3 Å². The van der Waals surface area contributed by atoms with Crippen molar-refractivity contribution in [1.82, 2.24) is 9.97 Å². The third-order valence-corrected chi connectivity index (χ3v) is 2.12. The molecule has 1 aromatic rings. The van der Waals surface area contributed by atoms with Gasteiger partial charge in [-0.3, -0.25) is 0 Å². The highest BCUT2D eigenvalue weighted by atomic mass is 35.5. The van der Waals surface area contributed by atoms with Gasteiger partial charge in [-0.1, -0.05) is 37.0 Å². The molecule has 12 heavy (non-hydrogen) atoms. The lowest BCUT2D eigenvalue weighted by molar-refractivity contribution is 0.838. The van der Waals surface area contributed by atoms with Crippen LogP contribution in [-0.2, 0) is 0 Å². The zero-order valence-electron chi connectivity index (χ0n) is 7.23. The second-order valence-corrected chi connectivity index (χ2v) is 3.64. The van der Waals surface area contributed by atoms with E-state index in [2.05, 4.69) is 9.97 Å². The van der Waals surface area contributed by atoms with Gasteiger partial charge in [-0.05, 0) is 12.8 Å². The summed E-state index contributed by atoms with van der Waals surface area (Å²) in [5.74, 6) is 0.861. The highest BCUT2D eigenvalue weighted by Gasteiger charge is 2.12. The number of nitrogens with zero attached hydrogens (tertiary/aromatic N) is 2. The molecule has 0 atom stereocenters. The van der Waals surface area contributed by atoms with Gasteiger partial charge in [0.2, 0.25) is 0 Å². The van der Waals surface area contributed by atoms with Crippen molar-refractivity contribution < 1.29 is 0 Å². The van der Waals surface area contributed by atoms with Crippen LogP contribution in [0.5, 0.6) is 0 Å². The van der Waals surface area contributed by atoms with E-state index in [0.717, 1.165) is 5.56 Å². The molecule has 0 saturated carbocycles. The standard InChI is InChI=1S/C8H10Cl2N2/c1-4(2)6-7(9)11-5(3)12-8(6)10/h4H,1-3H3. The summed E-state index contributed by atoms with van der Waals surface area (Å²) in [7, 11) is 0. The number of aryl methyl sites for hydroxylation is 1. The fourth-order valence-electron chi connectivity index (χ4n) is 0.991. The first-order valence-corrected chi connectivity index (χ1v) is 4.47. The molecule has 0 saturated heterocycles. The predicted molar refractivity (Wildman–Crippen MR) is 50.9 cm³/mol. The molecule has 2 nitrogen and oxygen atoms in total. The topological polar surface area (TPSA) is 25.8 Å². The van der Waals surface area contributed by atoms with Gasteiger partial charge in [0, 0.05) is 5.56 Å². The lowest BCUT2D eigenvalue weighted by atomic mass is 10.1. The van der Waals surface area contributed by atoms with E-state index in [1.807, 2.05) is 13.8 Å². The summed E-state index contributed by atoms with van der Waals surface area (Å²) in [6.07, 6.45) is 0.